The zero-order valence-electron chi connectivity index (χ0n) is 19.0. The summed E-state index contributed by atoms with van der Waals surface area (Å²) in [6.45, 7) is 0.591. The van der Waals surface area contributed by atoms with Crippen molar-refractivity contribution in [1.82, 2.24) is 14.2 Å². The summed E-state index contributed by atoms with van der Waals surface area (Å²) in [5.74, 6) is -0.0976. The first-order valence-electron chi connectivity index (χ1n) is 11.5. The van der Waals surface area contributed by atoms with Gasteiger partial charge in [0.05, 0.1) is 5.52 Å². The second-order valence-corrected chi connectivity index (χ2v) is 10.8. The maximum Gasteiger partial charge on any atom is 0.246 e. The molecule has 1 unspecified atom stereocenters. The van der Waals surface area contributed by atoms with Crippen LogP contribution in [0.15, 0.2) is 90.0 Å². The molecule has 6 nitrogen and oxygen atoms in total. The minimum atomic E-state index is -4.05. The number of hydrogen-bond donors (Lipinski definition) is 0. The average molecular weight is 474 g/mol. The van der Waals surface area contributed by atoms with Crippen LogP contribution >= 0.6 is 0 Å². The van der Waals surface area contributed by atoms with Gasteiger partial charge in [-0.2, -0.15) is 4.31 Å². The van der Waals surface area contributed by atoms with E-state index < -0.39 is 16.1 Å². The lowest BCUT2D eigenvalue weighted by Crippen LogP contribution is -2.51. The van der Waals surface area contributed by atoms with Crippen LogP contribution in [0.5, 0.6) is 0 Å². The van der Waals surface area contributed by atoms with E-state index in [1.54, 1.807) is 36.3 Å². The van der Waals surface area contributed by atoms with Gasteiger partial charge in [-0.25, -0.2) is 8.42 Å². The van der Waals surface area contributed by atoms with Crippen molar-refractivity contribution in [2.24, 2.45) is 5.92 Å². The lowest BCUT2D eigenvalue weighted by atomic mass is 9.92. The molecule has 0 saturated carbocycles. The largest absolute Gasteiger partial charge is 0.340 e. The van der Waals surface area contributed by atoms with Gasteiger partial charge in [0.15, 0.2) is 0 Å². The quantitative estimate of drug-likeness (QED) is 0.567. The van der Waals surface area contributed by atoms with Gasteiger partial charge in [0.1, 0.15) is 10.9 Å². The Bertz CT molecular complexity index is 1390. The number of sulfonamides is 1. The van der Waals surface area contributed by atoms with E-state index >= 15 is 0 Å². The molecule has 7 heteroatoms. The van der Waals surface area contributed by atoms with Gasteiger partial charge in [0, 0.05) is 31.7 Å². The molecule has 1 aromatic heterocycles. The molecule has 1 aliphatic carbocycles. The van der Waals surface area contributed by atoms with Crippen molar-refractivity contribution in [1.29, 1.82) is 0 Å². The Hall–Kier alpha value is -3.29. The molecule has 0 spiro atoms. The second kappa shape index (κ2) is 9.16. The van der Waals surface area contributed by atoms with Crippen LogP contribution in [0.2, 0.25) is 0 Å². The Labute approximate surface area is 200 Å². The van der Waals surface area contributed by atoms with Crippen molar-refractivity contribution in [2.75, 3.05) is 7.05 Å². The van der Waals surface area contributed by atoms with E-state index in [9.17, 15) is 13.2 Å². The number of likely N-dealkylation sites (N-methyl/N-ethyl adjacent to an activating group) is 1. The second-order valence-electron chi connectivity index (χ2n) is 8.90. The fraction of sp³-hybridized carbons (Fsp3) is 0.259. The van der Waals surface area contributed by atoms with Crippen molar-refractivity contribution >= 4 is 26.8 Å². The highest BCUT2D eigenvalue weighted by atomic mass is 32.2. The van der Waals surface area contributed by atoms with Crippen LogP contribution < -0.4 is 0 Å². The highest BCUT2D eigenvalue weighted by Gasteiger charge is 2.40. The molecule has 0 radical (unpaired) electrons. The molecule has 1 amide bonds. The summed E-state index contributed by atoms with van der Waals surface area (Å²) < 4.78 is 29.9. The SMILES string of the molecule is CN1Cc2ccccc2CN(S(=O)(=O)c2cccc3cccnc23)[C@H](CC2C=CC=CC2)C1=O. The monoisotopic (exact) mass is 473 g/mol. The van der Waals surface area contributed by atoms with Crippen LogP contribution in [-0.2, 0) is 27.9 Å². The molecule has 34 heavy (non-hydrogen) atoms. The van der Waals surface area contributed by atoms with Crippen molar-refractivity contribution in [2.45, 2.75) is 36.9 Å². The van der Waals surface area contributed by atoms with Crippen molar-refractivity contribution in [3.05, 3.63) is 96.2 Å². The van der Waals surface area contributed by atoms with Crippen LogP contribution in [0, 0.1) is 5.92 Å². The number of benzene rings is 2. The first-order valence-corrected chi connectivity index (χ1v) is 12.9. The third kappa shape index (κ3) is 4.17. The van der Waals surface area contributed by atoms with Crippen LogP contribution in [0.25, 0.3) is 10.9 Å². The third-order valence-electron chi connectivity index (χ3n) is 6.64. The zero-order chi connectivity index (χ0) is 23.7. The molecule has 1 aliphatic heterocycles. The number of carbonyl (C=O) groups excluding carboxylic acids is 1. The van der Waals surface area contributed by atoms with Crippen molar-refractivity contribution in [3.8, 4) is 0 Å². The molecule has 0 N–H and O–H groups in total. The standard InChI is InChI=1S/C27H27N3O3S/c1-29-18-22-11-5-6-12-23(22)19-30(24(27(29)31)17-20-9-3-2-4-10-20)34(32,33)25-15-7-13-21-14-8-16-28-26(21)25/h2-9,11-16,20,24H,10,17-19H2,1H3/t20?,24-/m1/s1. The lowest BCUT2D eigenvalue weighted by Gasteiger charge is -2.37. The number of rotatable bonds is 4. The molecule has 0 fully saturated rings. The summed E-state index contributed by atoms with van der Waals surface area (Å²) in [7, 11) is -2.30. The van der Waals surface area contributed by atoms with E-state index in [1.165, 1.54) is 4.31 Å². The molecule has 2 aromatic carbocycles. The van der Waals surface area contributed by atoms with Gasteiger partial charge in [-0.3, -0.25) is 9.78 Å². The van der Waals surface area contributed by atoms with Crippen LogP contribution in [0.1, 0.15) is 24.0 Å². The molecule has 0 bridgehead atoms. The van der Waals surface area contributed by atoms with Gasteiger partial charge < -0.3 is 4.90 Å². The Kier molecular flexibility index (Phi) is 6.06. The number of nitrogens with zero attached hydrogens (tertiary/aromatic N) is 3. The Balaban J connectivity index is 1.66. The minimum Gasteiger partial charge on any atom is -0.340 e. The van der Waals surface area contributed by atoms with E-state index in [2.05, 4.69) is 17.1 Å². The molecular formula is C27H27N3O3S. The number of hydrogen-bond acceptors (Lipinski definition) is 4. The molecule has 0 saturated heterocycles. The number of amides is 1. The third-order valence-corrected chi connectivity index (χ3v) is 8.52. The first kappa shape index (κ1) is 22.5. The maximum atomic E-state index is 14.3. The Morgan fingerprint density at radius 1 is 0.971 bits per heavy atom. The van der Waals surface area contributed by atoms with E-state index in [1.807, 2.05) is 48.6 Å². The van der Waals surface area contributed by atoms with Crippen molar-refractivity contribution < 1.29 is 13.2 Å². The summed E-state index contributed by atoms with van der Waals surface area (Å²) >= 11 is 0. The van der Waals surface area contributed by atoms with Crippen molar-refractivity contribution in [3.63, 3.8) is 0 Å². The Morgan fingerprint density at radius 2 is 1.74 bits per heavy atom. The summed E-state index contributed by atoms with van der Waals surface area (Å²) in [6.07, 6.45) is 10.9. The average Bonchev–Trinajstić information content (AvgIpc) is 2.86. The summed E-state index contributed by atoms with van der Waals surface area (Å²) in [4.78, 5) is 19.9. The number of fused-ring (bicyclic) bond motifs is 2. The van der Waals surface area contributed by atoms with E-state index in [4.69, 9.17) is 0 Å². The van der Waals surface area contributed by atoms with Gasteiger partial charge >= 0.3 is 0 Å². The molecular weight excluding hydrogens is 446 g/mol. The van der Waals surface area contributed by atoms with Gasteiger partial charge in [0.25, 0.3) is 0 Å². The smallest absolute Gasteiger partial charge is 0.246 e. The fourth-order valence-corrected chi connectivity index (χ4v) is 6.57. The highest BCUT2D eigenvalue weighted by Crippen LogP contribution is 2.32. The highest BCUT2D eigenvalue weighted by molar-refractivity contribution is 7.89. The molecule has 2 heterocycles. The molecule has 5 rings (SSSR count). The molecule has 2 aliphatic rings. The molecule has 174 valence electrons. The minimum absolute atomic E-state index is 0.0883. The van der Waals surface area contributed by atoms with Gasteiger partial charge in [-0.15, -0.1) is 0 Å². The van der Waals surface area contributed by atoms with E-state index in [0.717, 1.165) is 22.9 Å². The topological polar surface area (TPSA) is 70.6 Å². The maximum absolute atomic E-state index is 14.3. The summed E-state index contributed by atoms with van der Waals surface area (Å²) in [5, 5.41) is 0.747. The zero-order valence-corrected chi connectivity index (χ0v) is 19.9. The molecule has 3 aromatic rings. The van der Waals surface area contributed by atoms with E-state index in [0.29, 0.717) is 18.5 Å². The predicted molar refractivity (Wildman–Crippen MR) is 132 cm³/mol. The predicted octanol–water partition coefficient (Wildman–Crippen LogP) is 4.29. The fourth-order valence-electron chi connectivity index (χ4n) is 4.83. The number of para-hydroxylation sites is 1. The van der Waals surface area contributed by atoms with Crippen LogP contribution in [0.4, 0.5) is 0 Å². The van der Waals surface area contributed by atoms with Crippen LogP contribution in [0.3, 0.4) is 0 Å². The van der Waals surface area contributed by atoms with Crippen LogP contribution in [-0.4, -0.2) is 41.6 Å². The number of aromatic nitrogens is 1. The normalized spacial score (nSPS) is 21.3. The number of pyridine rings is 1. The number of carbonyl (C=O) groups is 1. The summed E-state index contributed by atoms with van der Waals surface area (Å²) in [5.41, 5.74) is 2.27. The lowest BCUT2D eigenvalue weighted by molar-refractivity contribution is -0.135. The number of allylic oxidation sites excluding steroid dienone is 4. The van der Waals surface area contributed by atoms with Gasteiger partial charge in [0.2, 0.25) is 15.9 Å². The van der Waals surface area contributed by atoms with E-state index in [-0.39, 0.29) is 23.3 Å². The van der Waals surface area contributed by atoms with Gasteiger partial charge in [-0.1, -0.05) is 66.8 Å². The van der Waals surface area contributed by atoms with Gasteiger partial charge in [-0.05, 0) is 42.0 Å². The molecule has 2 atom stereocenters. The Morgan fingerprint density at radius 3 is 2.50 bits per heavy atom. The summed E-state index contributed by atoms with van der Waals surface area (Å²) in [6, 6.07) is 15.7. The first-order chi connectivity index (χ1) is 16.4.